The van der Waals surface area contributed by atoms with E-state index < -0.39 is 0 Å². The fourth-order valence-corrected chi connectivity index (χ4v) is 1.42. The third-order valence-corrected chi connectivity index (χ3v) is 2.22. The van der Waals surface area contributed by atoms with Gasteiger partial charge in [0, 0.05) is 11.5 Å². The average Bonchev–Trinajstić information content (AvgIpc) is 2.02. The molecule has 0 saturated carbocycles. The number of para-hydroxylation sites is 1. The Labute approximate surface area is 72.1 Å². The van der Waals surface area contributed by atoms with E-state index in [2.05, 4.69) is 6.07 Å². The van der Waals surface area contributed by atoms with E-state index in [0.29, 0.717) is 5.92 Å². The SMILES string of the molecule is COc1ccccc1C1COC1. The molecular weight excluding hydrogens is 152 g/mol. The summed E-state index contributed by atoms with van der Waals surface area (Å²) >= 11 is 0. The van der Waals surface area contributed by atoms with Gasteiger partial charge in [-0.25, -0.2) is 0 Å². The molecule has 1 aromatic rings. The van der Waals surface area contributed by atoms with E-state index in [0.717, 1.165) is 19.0 Å². The molecule has 0 N–H and O–H groups in total. The van der Waals surface area contributed by atoms with Crippen LogP contribution in [0.1, 0.15) is 11.5 Å². The highest BCUT2D eigenvalue weighted by atomic mass is 16.5. The Bertz CT molecular complexity index is 266. The van der Waals surface area contributed by atoms with E-state index in [1.165, 1.54) is 5.56 Å². The molecule has 12 heavy (non-hydrogen) atoms. The second kappa shape index (κ2) is 3.15. The smallest absolute Gasteiger partial charge is 0.122 e. The molecule has 0 spiro atoms. The van der Waals surface area contributed by atoms with Gasteiger partial charge in [0.05, 0.1) is 20.3 Å². The van der Waals surface area contributed by atoms with Crippen molar-refractivity contribution in [1.29, 1.82) is 0 Å². The van der Waals surface area contributed by atoms with E-state index in [9.17, 15) is 0 Å². The van der Waals surface area contributed by atoms with Gasteiger partial charge >= 0.3 is 0 Å². The zero-order valence-corrected chi connectivity index (χ0v) is 7.12. The van der Waals surface area contributed by atoms with Crippen LogP contribution in [0.2, 0.25) is 0 Å². The first-order valence-electron chi connectivity index (χ1n) is 4.12. The lowest BCUT2D eigenvalue weighted by Gasteiger charge is -2.27. The monoisotopic (exact) mass is 164 g/mol. The van der Waals surface area contributed by atoms with Gasteiger partial charge in [0.1, 0.15) is 5.75 Å². The maximum atomic E-state index is 5.25. The zero-order chi connectivity index (χ0) is 8.39. The van der Waals surface area contributed by atoms with Crippen molar-refractivity contribution >= 4 is 0 Å². The summed E-state index contributed by atoms with van der Waals surface area (Å²) in [7, 11) is 1.71. The van der Waals surface area contributed by atoms with Crippen LogP contribution in [0, 0.1) is 0 Å². The maximum Gasteiger partial charge on any atom is 0.122 e. The third kappa shape index (κ3) is 1.18. The van der Waals surface area contributed by atoms with Crippen molar-refractivity contribution in [3.05, 3.63) is 29.8 Å². The first kappa shape index (κ1) is 7.62. The fraction of sp³-hybridized carbons (Fsp3) is 0.400. The van der Waals surface area contributed by atoms with Crippen LogP contribution in [0.5, 0.6) is 5.75 Å². The van der Waals surface area contributed by atoms with Gasteiger partial charge in [-0.3, -0.25) is 0 Å². The van der Waals surface area contributed by atoms with E-state index in [4.69, 9.17) is 9.47 Å². The Morgan fingerprint density at radius 2 is 2.08 bits per heavy atom. The molecule has 64 valence electrons. The van der Waals surface area contributed by atoms with Crippen LogP contribution < -0.4 is 4.74 Å². The molecule has 1 heterocycles. The van der Waals surface area contributed by atoms with Gasteiger partial charge in [-0.05, 0) is 6.07 Å². The summed E-state index contributed by atoms with van der Waals surface area (Å²) in [6.45, 7) is 1.67. The molecule has 1 aliphatic rings. The summed E-state index contributed by atoms with van der Waals surface area (Å²) < 4.78 is 10.4. The summed E-state index contributed by atoms with van der Waals surface area (Å²) in [4.78, 5) is 0. The van der Waals surface area contributed by atoms with Crippen molar-refractivity contribution in [2.45, 2.75) is 5.92 Å². The number of hydrogen-bond donors (Lipinski definition) is 0. The molecule has 0 aromatic heterocycles. The van der Waals surface area contributed by atoms with Gasteiger partial charge < -0.3 is 9.47 Å². The zero-order valence-electron chi connectivity index (χ0n) is 7.12. The minimum Gasteiger partial charge on any atom is -0.496 e. The van der Waals surface area contributed by atoms with Crippen molar-refractivity contribution in [1.82, 2.24) is 0 Å². The Hall–Kier alpha value is -1.02. The topological polar surface area (TPSA) is 18.5 Å². The van der Waals surface area contributed by atoms with Crippen molar-refractivity contribution in [2.24, 2.45) is 0 Å². The number of hydrogen-bond acceptors (Lipinski definition) is 2. The average molecular weight is 164 g/mol. The van der Waals surface area contributed by atoms with Crippen LogP contribution in [0.15, 0.2) is 24.3 Å². The van der Waals surface area contributed by atoms with Crippen LogP contribution in [0.25, 0.3) is 0 Å². The lowest BCUT2D eigenvalue weighted by atomic mass is 9.97. The molecule has 0 bridgehead atoms. The molecule has 0 atom stereocenters. The maximum absolute atomic E-state index is 5.25. The van der Waals surface area contributed by atoms with Crippen LogP contribution in [-0.2, 0) is 4.74 Å². The Morgan fingerprint density at radius 1 is 1.33 bits per heavy atom. The molecule has 1 fully saturated rings. The van der Waals surface area contributed by atoms with Crippen molar-refractivity contribution < 1.29 is 9.47 Å². The van der Waals surface area contributed by atoms with Gasteiger partial charge in [-0.2, -0.15) is 0 Å². The van der Waals surface area contributed by atoms with Gasteiger partial charge in [-0.1, -0.05) is 18.2 Å². The Kier molecular flexibility index (Phi) is 2.00. The second-order valence-corrected chi connectivity index (χ2v) is 2.98. The predicted molar refractivity (Wildman–Crippen MR) is 46.6 cm³/mol. The highest BCUT2D eigenvalue weighted by Crippen LogP contribution is 2.31. The highest BCUT2D eigenvalue weighted by molar-refractivity contribution is 5.37. The van der Waals surface area contributed by atoms with Crippen molar-refractivity contribution in [2.75, 3.05) is 20.3 Å². The van der Waals surface area contributed by atoms with E-state index in [-0.39, 0.29) is 0 Å². The molecule has 2 heteroatoms. The summed E-state index contributed by atoms with van der Waals surface area (Å²) in [5.74, 6) is 1.52. The van der Waals surface area contributed by atoms with E-state index in [1.807, 2.05) is 18.2 Å². The van der Waals surface area contributed by atoms with Crippen LogP contribution in [-0.4, -0.2) is 20.3 Å². The Morgan fingerprint density at radius 3 is 2.67 bits per heavy atom. The molecular formula is C10H12O2. The number of ether oxygens (including phenoxy) is 2. The van der Waals surface area contributed by atoms with E-state index in [1.54, 1.807) is 7.11 Å². The quantitative estimate of drug-likeness (QED) is 0.663. The largest absolute Gasteiger partial charge is 0.496 e. The summed E-state index contributed by atoms with van der Waals surface area (Å²) in [5.41, 5.74) is 1.27. The van der Waals surface area contributed by atoms with Gasteiger partial charge in [0.2, 0.25) is 0 Å². The first-order chi connectivity index (χ1) is 5.92. The number of benzene rings is 1. The van der Waals surface area contributed by atoms with Crippen LogP contribution in [0.3, 0.4) is 0 Å². The predicted octanol–water partition coefficient (Wildman–Crippen LogP) is 1.81. The summed E-state index contributed by atoms with van der Waals surface area (Å²) in [6.07, 6.45) is 0. The molecule has 0 aliphatic carbocycles. The Balaban J connectivity index is 2.27. The van der Waals surface area contributed by atoms with E-state index >= 15 is 0 Å². The standard InChI is InChI=1S/C10H12O2/c1-11-10-5-3-2-4-9(10)8-6-12-7-8/h2-5,8H,6-7H2,1H3. The minimum absolute atomic E-state index is 0.543. The second-order valence-electron chi connectivity index (χ2n) is 2.98. The molecule has 1 saturated heterocycles. The van der Waals surface area contributed by atoms with Crippen molar-refractivity contribution in [3.63, 3.8) is 0 Å². The molecule has 0 amide bonds. The van der Waals surface area contributed by atoms with Crippen molar-refractivity contribution in [3.8, 4) is 5.75 Å². The third-order valence-electron chi connectivity index (χ3n) is 2.22. The molecule has 0 unspecified atom stereocenters. The van der Waals surface area contributed by atoms with Crippen LogP contribution in [0.4, 0.5) is 0 Å². The summed E-state index contributed by atoms with van der Waals surface area (Å²) in [5, 5.41) is 0. The highest BCUT2D eigenvalue weighted by Gasteiger charge is 2.22. The molecule has 2 nitrogen and oxygen atoms in total. The molecule has 1 aliphatic heterocycles. The lowest BCUT2D eigenvalue weighted by molar-refractivity contribution is 0.00753. The number of rotatable bonds is 2. The molecule has 0 radical (unpaired) electrons. The summed E-state index contributed by atoms with van der Waals surface area (Å²) in [6, 6.07) is 8.12. The van der Waals surface area contributed by atoms with Gasteiger partial charge in [0.25, 0.3) is 0 Å². The van der Waals surface area contributed by atoms with Gasteiger partial charge in [0.15, 0.2) is 0 Å². The lowest BCUT2D eigenvalue weighted by Crippen LogP contribution is -2.25. The fourth-order valence-electron chi connectivity index (χ4n) is 1.42. The number of methoxy groups -OCH3 is 1. The molecule has 1 aromatic carbocycles. The molecule has 2 rings (SSSR count). The first-order valence-corrected chi connectivity index (χ1v) is 4.12. The minimum atomic E-state index is 0.543. The van der Waals surface area contributed by atoms with Gasteiger partial charge in [-0.15, -0.1) is 0 Å². The normalized spacial score (nSPS) is 17.1. The van der Waals surface area contributed by atoms with Crippen LogP contribution >= 0.6 is 0 Å².